The number of rotatable bonds is 4. The van der Waals surface area contributed by atoms with E-state index in [0.29, 0.717) is 28.0 Å². The molecule has 1 amide bonds. The van der Waals surface area contributed by atoms with E-state index >= 15 is 0 Å². The Kier molecular flexibility index (Phi) is 5.29. The average Bonchev–Trinajstić information content (AvgIpc) is 2.45. The molecule has 20 heavy (non-hydrogen) atoms. The zero-order valence-electron chi connectivity index (χ0n) is 10.7. The molecule has 0 spiro atoms. The third kappa shape index (κ3) is 3.66. The lowest BCUT2D eigenvalue weighted by Gasteiger charge is -2.17. The topological polar surface area (TPSA) is 58.6 Å². The molecule has 2 N–H and O–H groups in total. The highest BCUT2D eigenvalue weighted by atomic mass is 35.5. The smallest absolute Gasteiger partial charge is 0.286 e. The highest BCUT2D eigenvalue weighted by Gasteiger charge is 2.18. The number of halogens is 2. The maximum atomic E-state index is 11.8. The van der Waals surface area contributed by atoms with Crippen LogP contribution in [0.5, 0.6) is 0 Å². The van der Waals surface area contributed by atoms with Gasteiger partial charge in [-0.05, 0) is 31.1 Å². The largest absolute Gasteiger partial charge is 0.488 e. The lowest BCUT2D eigenvalue weighted by molar-refractivity contribution is -0.121. The van der Waals surface area contributed by atoms with Crippen molar-refractivity contribution < 1.29 is 14.6 Å². The van der Waals surface area contributed by atoms with Crippen LogP contribution in [0.2, 0.25) is 10.0 Å². The first-order valence-electron chi connectivity index (χ1n) is 6.32. The quantitative estimate of drug-likeness (QED) is 0.898. The van der Waals surface area contributed by atoms with Gasteiger partial charge in [-0.25, -0.2) is 0 Å². The van der Waals surface area contributed by atoms with E-state index in [1.54, 1.807) is 24.3 Å². The standard InChI is InChI=1S/C14H15Cl2NO3/c15-9-4-3-5-10(16)13(9)11(18)8-17-14(19)12-6-1-2-7-20-12/h3-6,11,18H,1-2,7-8H2,(H,17,19)/t11-/m1/s1. The summed E-state index contributed by atoms with van der Waals surface area (Å²) < 4.78 is 5.24. The summed E-state index contributed by atoms with van der Waals surface area (Å²) >= 11 is 12.0. The van der Waals surface area contributed by atoms with E-state index in [0.717, 1.165) is 12.8 Å². The highest BCUT2D eigenvalue weighted by molar-refractivity contribution is 6.36. The molecule has 1 aromatic carbocycles. The van der Waals surface area contributed by atoms with E-state index < -0.39 is 6.10 Å². The van der Waals surface area contributed by atoms with Crippen molar-refractivity contribution in [1.82, 2.24) is 5.32 Å². The molecule has 0 unspecified atom stereocenters. The van der Waals surface area contributed by atoms with Gasteiger partial charge in [0.15, 0.2) is 5.76 Å². The molecule has 1 aromatic rings. The maximum Gasteiger partial charge on any atom is 0.286 e. The monoisotopic (exact) mass is 315 g/mol. The fraction of sp³-hybridized carbons (Fsp3) is 0.357. The average molecular weight is 316 g/mol. The van der Waals surface area contributed by atoms with Crippen LogP contribution in [0.3, 0.4) is 0 Å². The van der Waals surface area contributed by atoms with Gasteiger partial charge in [-0.2, -0.15) is 0 Å². The zero-order chi connectivity index (χ0) is 14.5. The van der Waals surface area contributed by atoms with Crippen molar-refractivity contribution in [3.05, 3.63) is 45.6 Å². The van der Waals surface area contributed by atoms with E-state index in [9.17, 15) is 9.90 Å². The minimum Gasteiger partial charge on any atom is -0.488 e. The molecule has 1 aliphatic heterocycles. The number of hydrogen-bond acceptors (Lipinski definition) is 3. The van der Waals surface area contributed by atoms with Crippen molar-refractivity contribution in [2.75, 3.05) is 13.2 Å². The number of ether oxygens (including phenoxy) is 1. The van der Waals surface area contributed by atoms with Gasteiger partial charge in [-0.15, -0.1) is 0 Å². The van der Waals surface area contributed by atoms with Gasteiger partial charge in [0.05, 0.1) is 12.7 Å². The number of benzene rings is 1. The number of amides is 1. The van der Waals surface area contributed by atoms with Gasteiger partial charge in [0.2, 0.25) is 0 Å². The Bertz CT molecular complexity index is 511. The fourth-order valence-corrected chi connectivity index (χ4v) is 2.57. The van der Waals surface area contributed by atoms with Crippen molar-refractivity contribution in [2.45, 2.75) is 18.9 Å². The summed E-state index contributed by atoms with van der Waals surface area (Å²) in [6, 6.07) is 4.97. The number of aliphatic hydroxyl groups excluding tert-OH is 1. The number of aliphatic hydroxyl groups is 1. The molecular weight excluding hydrogens is 301 g/mol. The van der Waals surface area contributed by atoms with Crippen LogP contribution in [-0.2, 0) is 9.53 Å². The van der Waals surface area contributed by atoms with Crippen LogP contribution in [-0.4, -0.2) is 24.2 Å². The molecule has 0 aromatic heterocycles. The summed E-state index contributed by atoms with van der Waals surface area (Å²) in [5, 5.41) is 13.4. The Balaban J connectivity index is 1.96. The van der Waals surface area contributed by atoms with Crippen LogP contribution in [0.1, 0.15) is 24.5 Å². The molecule has 0 aliphatic carbocycles. The summed E-state index contributed by atoms with van der Waals surface area (Å²) in [4.78, 5) is 11.8. The van der Waals surface area contributed by atoms with Crippen LogP contribution in [0.4, 0.5) is 0 Å². The predicted molar refractivity (Wildman–Crippen MR) is 77.7 cm³/mol. The summed E-state index contributed by atoms with van der Waals surface area (Å²) in [6.45, 7) is 0.557. The van der Waals surface area contributed by atoms with Gasteiger partial charge in [-0.1, -0.05) is 29.3 Å². The maximum absolute atomic E-state index is 11.8. The Morgan fingerprint density at radius 1 is 1.40 bits per heavy atom. The SMILES string of the molecule is O=C(NC[C@@H](O)c1c(Cl)cccc1Cl)C1=CCCCO1. The molecule has 4 nitrogen and oxygen atoms in total. The molecule has 2 rings (SSSR count). The van der Waals surface area contributed by atoms with Crippen molar-refractivity contribution in [2.24, 2.45) is 0 Å². The normalized spacial score (nSPS) is 16.1. The van der Waals surface area contributed by atoms with E-state index in [1.807, 2.05) is 0 Å². The number of nitrogens with one attached hydrogen (secondary N) is 1. The summed E-state index contributed by atoms with van der Waals surface area (Å²) in [5.41, 5.74) is 0.412. The second-order valence-electron chi connectivity index (χ2n) is 4.42. The first-order chi connectivity index (χ1) is 9.59. The van der Waals surface area contributed by atoms with Crippen LogP contribution < -0.4 is 5.32 Å². The van der Waals surface area contributed by atoms with E-state index in [2.05, 4.69) is 5.32 Å². The van der Waals surface area contributed by atoms with E-state index in [-0.39, 0.29) is 12.5 Å². The van der Waals surface area contributed by atoms with Gasteiger partial charge < -0.3 is 15.2 Å². The second kappa shape index (κ2) is 6.97. The highest BCUT2D eigenvalue weighted by Crippen LogP contribution is 2.29. The number of carbonyl (C=O) groups excluding carboxylic acids is 1. The molecule has 0 fully saturated rings. The van der Waals surface area contributed by atoms with Gasteiger partial charge in [-0.3, -0.25) is 4.79 Å². The zero-order valence-corrected chi connectivity index (χ0v) is 12.2. The molecule has 108 valence electrons. The molecule has 0 bridgehead atoms. The van der Waals surface area contributed by atoms with Gasteiger partial charge in [0.1, 0.15) is 0 Å². The van der Waals surface area contributed by atoms with Crippen LogP contribution in [0.25, 0.3) is 0 Å². The first-order valence-corrected chi connectivity index (χ1v) is 7.08. The van der Waals surface area contributed by atoms with Crippen LogP contribution in [0, 0.1) is 0 Å². The third-order valence-electron chi connectivity index (χ3n) is 2.95. The van der Waals surface area contributed by atoms with E-state index in [4.69, 9.17) is 27.9 Å². The molecule has 0 saturated heterocycles. The third-order valence-corrected chi connectivity index (χ3v) is 3.61. The predicted octanol–water partition coefficient (Wildman–Crippen LogP) is 2.84. The van der Waals surface area contributed by atoms with E-state index in [1.165, 1.54) is 0 Å². The number of allylic oxidation sites excluding steroid dienone is 1. The summed E-state index contributed by atoms with van der Waals surface area (Å²) in [5.74, 6) is -0.0411. The number of carbonyl (C=O) groups is 1. The molecule has 0 radical (unpaired) electrons. The minimum atomic E-state index is -0.968. The molecule has 1 aliphatic rings. The van der Waals surface area contributed by atoms with Crippen molar-refractivity contribution in [3.63, 3.8) is 0 Å². The van der Waals surface area contributed by atoms with Gasteiger partial charge in [0, 0.05) is 22.2 Å². The van der Waals surface area contributed by atoms with Gasteiger partial charge >= 0.3 is 0 Å². The van der Waals surface area contributed by atoms with Crippen molar-refractivity contribution in [1.29, 1.82) is 0 Å². The number of hydrogen-bond donors (Lipinski definition) is 2. The summed E-state index contributed by atoms with van der Waals surface area (Å²) in [6.07, 6.45) is 2.51. The van der Waals surface area contributed by atoms with Crippen molar-refractivity contribution >= 4 is 29.1 Å². The molecule has 1 heterocycles. The molecule has 6 heteroatoms. The molecule has 1 atom stereocenters. The lowest BCUT2D eigenvalue weighted by atomic mass is 10.1. The van der Waals surface area contributed by atoms with Crippen LogP contribution >= 0.6 is 23.2 Å². The van der Waals surface area contributed by atoms with Gasteiger partial charge in [0.25, 0.3) is 5.91 Å². The molecular formula is C14H15Cl2NO3. The fourth-order valence-electron chi connectivity index (χ4n) is 1.92. The Hall–Kier alpha value is -1.23. The second-order valence-corrected chi connectivity index (χ2v) is 5.23. The van der Waals surface area contributed by atoms with Crippen LogP contribution in [0.15, 0.2) is 30.0 Å². The summed E-state index contributed by atoms with van der Waals surface area (Å²) in [7, 11) is 0. The Labute approximate surface area is 127 Å². The Morgan fingerprint density at radius 2 is 2.10 bits per heavy atom. The Morgan fingerprint density at radius 3 is 2.70 bits per heavy atom. The minimum absolute atomic E-state index is 0.0169. The lowest BCUT2D eigenvalue weighted by Crippen LogP contribution is -2.31. The van der Waals surface area contributed by atoms with Crippen molar-refractivity contribution in [3.8, 4) is 0 Å². The first kappa shape index (κ1) is 15.2. The molecule has 0 saturated carbocycles.